The lowest BCUT2D eigenvalue weighted by molar-refractivity contribution is -0.308. The molecular formula is C23H24N3O5-. The number of fused-ring (bicyclic) bond motifs is 1. The molecule has 2 aromatic carbocycles. The molecule has 0 spiro atoms. The summed E-state index contributed by atoms with van der Waals surface area (Å²) < 4.78 is 1.26. The SMILES string of the molecule is CCCCCn1nc(C(=O)N[C@@H](Cc2ccc(O)cc2)C(=O)[O-])c2ccccc2c1=O. The highest BCUT2D eigenvalue weighted by Gasteiger charge is 2.21. The van der Waals surface area contributed by atoms with Gasteiger partial charge in [-0.2, -0.15) is 5.10 Å². The van der Waals surface area contributed by atoms with Crippen molar-refractivity contribution in [2.75, 3.05) is 0 Å². The summed E-state index contributed by atoms with van der Waals surface area (Å²) in [7, 11) is 0. The number of hydrogen-bond acceptors (Lipinski definition) is 6. The predicted molar refractivity (Wildman–Crippen MR) is 114 cm³/mol. The van der Waals surface area contributed by atoms with E-state index in [1.54, 1.807) is 36.4 Å². The molecule has 2 N–H and O–H groups in total. The van der Waals surface area contributed by atoms with Gasteiger partial charge in [-0.05, 0) is 36.6 Å². The minimum atomic E-state index is -1.44. The number of aromatic hydroxyl groups is 1. The third-order valence-corrected chi connectivity index (χ3v) is 5.02. The van der Waals surface area contributed by atoms with Gasteiger partial charge in [0.2, 0.25) is 0 Å². The van der Waals surface area contributed by atoms with Crippen molar-refractivity contribution in [3.63, 3.8) is 0 Å². The first-order valence-corrected chi connectivity index (χ1v) is 10.2. The lowest BCUT2D eigenvalue weighted by Crippen LogP contribution is -2.49. The molecule has 0 fully saturated rings. The van der Waals surface area contributed by atoms with E-state index in [4.69, 9.17) is 0 Å². The molecule has 3 rings (SSSR count). The molecule has 162 valence electrons. The number of aliphatic carboxylic acids is 1. The molecule has 31 heavy (non-hydrogen) atoms. The average Bonchev–Trinajstić information content (AvgIpc) is 2.76. The summed E-state index contributed by atoms with van der Waals surface area (Å²) in [6.45, 7) is 2.42. The van der Waals surface area contributed by atoms with Crippen molar-refractivity contribution < 1.29 is 19.8 Å². The van der Waals surface area contributed by atoms with Gasteiger partial charge in [-0.15, -0.1) is 0 Å². The monoisotopic (exact) mass is 422 g/mol. The zero-order valence-corrected chi connectivity index (χ0v) is 17.2. The van der Waals surface area contributed by atoms with E-state index in [0.29, 0.717) is 22.9 Å². The van der Waals surface area contributed by atoms with Crippen LogP contribution in [0.25, 0.3) is 10.8 Å². The first-order chi connectivity index (χ1) is 14.9. The van der Waals surface area contributed by atoms with E-state index in [9.17, 15) is 24.6 Å². The van der Waals surface area contributed by atoms with Gasteiger partial charge in [-0.1, -0.05) is 50.1 Å². The number of carboxylic acid groups (broad SMARTS) is 1. The number of amides is 1. The highest BCUT2D eigenvalue weighted by Crippen LogP contribution is 2.15. The molecule has 0 aliphatic rings. The molecule has 0 saturated heterocycles. The number of phenols is 1. The minimum absolute atomic E-state index is 0.0105. The minimum Gasteiger partial charge on any atom is -0.548 e. The van der Waals surface area contributed by atoms with Crippen LogP contribution in [0.4, 0.5) is 0 Å². The van der Waals surface area contributed by atoms with Crippen LogP contribution in [0.2, 0.25) is 0 Å². The number of rotatable bonds is 9. The Hall–Kier alpha value is -3.68. The maximum absolute atomic E-state index is 13.0. The average molecular weight is 422 g/mol. The zero-order valence-electron chi connectivity index (χ0n) is 17.2. The van der Waals surface area contributed by atoms with Gasteiger partial charge >= 0.3 is 0 Å². The molecule has 0 bridgehead atoms. The van der Waals surface area contributed by atoms with Gasteiger partial charge < -0.3 is 20.3 Å². The van der Waals surface area contributed by atoms with Gasteiger partial charge in [0, 0.05) is 11.9 Å². The van der Waals surface area contributed by atoms with Crippen LogP contribution in [0.15, 0.2) is 53.3 Å². The number of carboxylic acids is 1. The molecule has 8 heteroatoms. The Kier molecular flexibility index (Phi) is 7.02. The van der Waals surface area contributed by atoms with Gasteiger partial charge in [-0.3, -0.25) is 9.59 Å². The normalized spacial score (nSPS) is 11.9. The first-order valence-electron chi connectivity index (χ1n) is 10.2. The number of carbonyl (C=O) groups is 2. The van der Waals surface area contributed by atoms with Crippen LogP contribution < -0.4 is 16.0 Å². The summed E-state index contributed by atoms with van der Waals surface area (Å²) in [5.74, 6) is -2.09. The summed E-state index contributed by atoms with van der Waals surface area (Å²) in [6.07, 6.45) is 2.61. The highest BCUT2D eigenvalue weighted by atomic mass is 16.4. The fourth-order valence-electron chi connectivity index (χ4n) is 3.35. The number of aromatic nitrogens is 2. The van der Waals surface area contributed by atoms with E-state index in [-0.39, 0.29) is 23.4 Å². The lowest BCUT2D eigenvalue weighted by atomic mass is 10.0. The van der Waals surface area contributed by atoms with Crippen molar-refractivity contribution in [1.29, 1.82) is 0 Å². The smallest absolute Gasteiger partial charge is 0.274 e. The number of aryl methyl sites for hydroxylation is 1. The van der Waals surface area contributed by atoms with E-state index >= 15 is 0 Å². The molecule has 1 amide bonds. The summed E-state index contributed by atoms with van der Waals surface area (Å²) in [5.41, 5.74) is 0.308. The Morgan fingerprint density at radius 3 is 2.42 bits per heavy atom. The molecule has 0 saturated carbocycles. The van der Waals surface area contributed by atoms with Crippen LogP contribution in [-0.4, -0.2) is 32.8 Å². The van der Waals surface area contributed by atoms with Crippen LogP contribution >= 0.6 is 0 Å². The summed E-state index contributed by atoms with van der Waals surface area (Å²) in [4.78, 5) is 37.4. The van der Waals surface area contributed by atoms with Crippen molar-refractivity contribution >= 4 is 22.6 Å². The highest BCUT2D eigenvalue weighted by molar-refractivity contribution is 6.05. The van der Waals surface area contributed by atoms with Crippen molar-refractivity contribution in [2.24, 2.45) is 0 Å². The van der Waals surface area contributed by atoms with Crippen molar-refractivity contribution in [1.82, 2.24) is 15.1 Å². The van der Waals surface area contributed by atoms with Gasteiger partial charge in [0.15, 0.2) is 5.69 Å². The standard InChI is InChI=1S/C23H25N3O5/c1-2-3-6-13-26-22(29)18-8-5-4-7-17(18)20(25-26)21(28)24-19(23(30)31)14-15-9-11-16(27)12-10-15/h4-5,7-12,19,27H,2-3,6,13-14H2,1H3,(H,24,28)(H,30,31)/p-1/t19-/m0/s1. The Balaban J connectivity index is 1.92. The Labute approximate surface area is 179 Å². The Morgan fingerprint density at radius 2 is 1.77 bits per heavy atom. The molecule has 0 aliphatic carbocycles. The number of hydrogen-bond donors (Lipinski definition) is 2. The van der Waals surface area contributed by atoms with Crippen LogP contribution in [0.3, 0.4) is 0 Å². The molecule has 1 heterocycles. The second kappa shape index (κ2) is 9.88. The number of unbranched alkanes of at least 4 members (excludes halogenated alkanes) is 2. The molecule has 0 unspecified atom stereocenters. The maximum atomic E-state index is 13.0. The summed E-state index contributed by atoms with van der Waals surface area (Å²) in [5, 5.41) is 28.5. The van der Waals surface area contributed by atoms with Crippen molar-refractivity contribution in [3.8, 4) is 5.75 Å². The van der Waals surface area contributed by atoms with Crippen LogP contribution in [0, 0.1) is 0 Å². The van der Waals surface area contributed by atoms with E-state index in [0.717, 1.165) is 19.3 Å². The van der Waals surface area contributed by atoms with Crippen molar-refractivity contribution in [3.05, 3.63) is 70.1 Å². The van der Waals surface area contributed by atoms with Crippen molar-refractivity contribution in [2.45, 2.75) is 45.2 Å². The van der Waals surface area contributed by atoms with E-state index in [1.165, 1.54) is 16.8 Å². The lowest BCUT2D eigenvalue weighted by Gasteiger charge is -2.20. The molecule has 0 aliphatic heterocycles. The number of nitrogens with one attached hydrogen (secondary N) is 1. The third-order valence-electron chi connectivity index (χ3n) is 5.02. The third kappa shape index (κ3) is 5.28. The number of benzene rings is 2. The Bertz CT molecular complexity index is 1140. The topological polar surface area (TPSA) is 124 Å². The first kappa shape index (κ1) is 22.0. The molecule has 8 nitrogen and oxygen atoms in total. The molecule has 1 aromatic heterocycles. The molecule has 3 aromatic rings. The van der Waals surface area contributed by atoms with E-state index < -0.39 is 17.9 Å². The largest absolute Gasteiger partial charge is 0.548 e. The zero-order chi connectivity index (χ0) is 22.4. The number of nitrogens with zero attached hydrogens (tertiary/aromatic N) is 2. The number of carbonyl (C=O) groups excluding carboxylic acids is 2. The quantitative estimate of drug-likeness (QED) is 0.502. The summed E-state index contributed by atoms with van der Waals surface area (Å²) >= 11 is 0. The van der Waals surface area contributed by atoms with Crippen LogP contribution in [-0.2, 0) is 17.8 Å². The van der Waals surface area contributed by atoms with Gasteiger partial charge in [-0.25, -0.2) is 4.68 Å². The van der Waals surface area contributed by atoms with Crippen LogP contribution in [0.1, 0.15) is 42.2 Å². The number of phenolic OH excluding ortho intramolecular Hbond substituents is 1. The van der Waals surface area contributed by atoms with Gasteiger partial charge in [0.05, 0.1) is 17.4 Å². The van der Waals surface area contributed by atoms with E-state index in [1.807, 2.05) is 6.92 Å². The Morgan fingerprint density at radius 1 is 1.10 bits per heavy atom. The summed E-state index contributed by atoms with van der Waals surface area (Å²) in [6, 6.07) is 11.3. The van der Waals surface area contributed by atoms with Crippen LogP contribution in [0.5, 0.6) is 5.75 Å². The maximum Gasteiger partial charge on any atom is 0.274 e. The second-order valence-corrected chi connectivity index (χ2v) is 7.35. The fraction of sp³-hybridized carbons (Fsp3) is 0.304. The molecular weight excluding hydrogens is 398 g/mol. The van der Waals surface area contributed by atoms with Gasteiger partial charge in [0.1, 0.15) is 5.75 Å². The fourth-order valence-corrected chi connectivity index (χ4v) is 3.35. The molecule has 0 radical (unpaired) electrons. The van der Waals surface area contributed by atoms with Gasteiger partial charge in [0.25, 0.3) is 11.5 Å². The van der Waals surface area contributed by atoms with E-state index in [2.05, 4.69) is 10.4 Å². The predicted octanol–water partition coefficient (Wildman–Crippen LogP) is 1.38. The molecule has 1 atom stereocenters. The second-order valence-electron chi connectivity index (χ2n) is 7.35.